The van der Waals surface area contributed by atoms with Gasteiger partial charge in [-0.1, -0.05) is 109 Å². The Kier molecular flexibility index (Phi) is 34.1. The number of aliphatic hydroxyl groups excluding tert-OH is 16. The number of alkyl halides is 2. The van der Waals surface area contributed by atoms with Crippen LogP contribution in [0.2, 0.25) is 0 Å². The second-order valence-electron chi connectivity index (χ2n) is 27.7. The highest BCUT2D eigenvalue weighted by Gasteiger charge is 2.49. The fourth-order valence-electron chi connectivity index (χ4n) is 12.8. The smallest absolute Gasteiger partial charge is 0.387 e. The molecule has 4 saturated heterocycles. The van der Waals surface area contributed by atoms with Gasteiger partial charge in [0.15, 0.2) is 0 Å². The van der Waals surface area contributed by atoms with Crippen LogP contribution >= 0.6 is 0 Å². The van der Waals surface area contributed by atoms with Gasteiger partial charge in [0.2, 0.25) is 25.2 Å². The molecule has 0 aliphatic carbocycles. The summed E-state index contributed by atoms with van der Waals surface area (Å²) < 4.78 is 84.3. The highest BCUT2D eigenvalue weighted by Crippen LogP contribution is 2.36. The molecule has 0 saturated carbocycles. The number of rotatable bonds is 25. The van der Waals surface area contributed by atoms with Gasteiger partial charge in [0.25, 0.3) is 0 Å². The zero-order chi connectivity index (χ0) is 85.4. The van der Waals surface area contributed by atoms with Gasteiger partial charge < -0.3 is 134 Å². The number of aliphatic hydroxyl groups is 16. The standard InChI is InChI=1S/C23H26O6.C22H22F2O7.2C22H24O7/c1-3-14-5-7-16(8-6-14)11-17-10-9-15(4-2)12-18(17)28-23-22(27)21(26)20(25)19(13-24)29-23;1-2-12-3-6-14(9-13-4-7-15(8-5-13)29-22(23)24)16(10-12)30-21-20(28)19(27)18(26)17(11-25)31-21;1-3-13-6-9-17(15(10-13)11-14-4-7-16(27-2)8-5-14)28-22-21(26)20(25)19(24)18(12-23)29-22;1-3-13-4-7-15(10-14-5-8-16(27-2)9-6-14)17(11-13)28-22-21(26)20(25)19(24)18(12-23)29-22/h2,5-10,12,19-27H,3,11,13H2,1H3;1,3-8,10,17-22,25-28H,9,11H2;1,4-10,18-26H,11-12H2,2H3;1,4-9,11,18-26H,10,12H2,2H3/t19-,20-,21+,22-,23-;17-,18-,19+,20-,21-;2*18-,19-,20+,21-,22-/m1111/s1. The summed E-state index contributed by atoms with van der Waals surface area (Å²) in [5.74, 6) is 13.1. The number of methoxy groups -OCH3 is 2. The number of hydrogen-bond acceptors (Lipinski definition) is 27. The summed E-state index contributed by atoms with van der Waals surface area (Å²) in [6.45, 7) is -2.99. The van der Waals surface area contributed by atoms with E-state index in [2.05, 4.69) is 47.5 Å². The third-order valence-corrected chi connectivity index (χ3v) is 19.8. The summed E-state index contributed by atoms with van der Waals surface area (Å²) in [6.07, 6.45) is -2.66. The van der Waals surface area contributed by atoms with Crippen LogP contribution in [0.4, 0.5) is 8.78 Å². The largest absolute Gasteiger partial charge is 0.497 e. The van der Waals surface area contributed by atoms with E-state index >= 15 is 0 Å². The zero-order valence-corrected chi connectivity index (χ0v) is 64.4. The van der Waals surface area contributed by atoms with E-state index in [1.807, 2.05) is 72.8 Å². The molecule has 0 aromatic heterocycles. The molecule has 118 heavy (non-hydrogen) atoms. The van der Waals surface area contributed by atoms with Gasteiger partial charge in [-0.05, 0) is 147 Å². The average Bonchev–Trinajstić information content (AvgIpc) is 0.811. The van der Waals surface area contributed by atoms with Crippen molar-refractivity contribution in [3.05, 3.63) is 242 Å². The molecule has 0 bridgehead atoms. The van der Waals surface area contributed by atoms with Crippen LogP contribution in [-0.2, 0) is 51.1 Å². The summed E-state index contributed by atoms with van der Waals surface area (Å²) in [5, 5.41) is 158. The minimum atomic E-state index is -2.92. The fraction of sp³-hybridized carbons (Fsp3) is 0.371. The SMILES string of the molecule is C#Cc1ccc(Cc2ccc(CC)cc2)c(O[C@@H]2O[C@H](CO)[C@@H](O)[C@H](O)[C@H]2O)c1.C#Cc1ccc(Cc2ccc(OC(F)F)cc2)c(O[C@@H]2O[C@H](CO)[C@@H](O)[C@H](O)[C@H]2O)c1.C#Cc1ccc(Cc2ccc(OC)cc2)c(O[C@@H]2O[C@H](CO)[C@@H](O)[C@H](O)[C@H]2O)c1.C#Cc1ccc(O[C@@H]2O[C@H](CO)[C@@H](O)[C@H](O)[C@H]2O)c(Cc2ccc(OC)cc2)c1. The van der Waals surface area contributed by atoms with Crippen LogP contribution in [0.5, 0.6) is 40.2 Å². The first-order chi connectivity index (χ1) is 56.7. The number of hydrogen-bond donors (Lipinski definition) is 16. The normalized spacial score (nSPS) is 26.4. The van der Waals surface area contributed by atoms with Crippen molar-refractivity contribution in [2.24, 2.45) is 0 Å². The first-order valence-corrected chi connectivity index (χ1v) is 37.4. The highest BCUT2D eigenvalue weighted by atomic mass is 19.3. The van der Waals surface area contributed by atoms with Crippen molar-refractivity contribution in [1.29, 1.82) is 0 Å². The Morgan fingerprint density at radius 2 is 0.568 bits per heavy atom. The molecular weight excluding hydrogens is 1540 g/mol. The lowest BCUT2D eigenvalue weighted by molar-refractivity contribution is -0.277. The number of aryl methyl sites for hydroxylation is 1. The van der Waals surface area contributed by atoms with Gasteiger partial charge in [-0.3, -0.25) is 0 Å². The molecule has 4 aliphatic heterocycles. The predicted molar refractivity (Wildman–Crippen MR) is 421 cm³/mol. The number of terminal acetylenes is 4. The van der Waals surface area contributed by atoms with Crippen molar-refractivity contribution in [3.8, 4) is 89.6 Å². The Labute approximate surface area is 680 Å². The molecule has 4 aliphatic rings. The molecule has 20 atom stereocenters. The first-order valence-electron chi connectivity index (χ1n) is 37.4. The number of benzene rings is 8. The Morgan fingerprint density at radius 3 is 0.839 bits per heavy atom. The number of ether oxygens (including phenoxy) is 11. The maximum atomic E-state index is 12.3. The molecular formula is C89H96F2O27. The lowest BCUT2D eigenvalue weighted by Crippen LogP contribution is -2.60. The van der Waals surface area contributed by atoms with Gasteiger partial charge in [-0.15, -0.1) is 25.7 Å². The van der Waals surface area contributed by atoms with Gasteiger partial charge in [0.1, 0.15) is 138 Å². The predicted octanol–water partition coefficient (Wildman–Crippen LogP) is 2.93. The molecule has 0 unspecified atom stereocenters. The van der Waals surface area contributed by atoms with E-state index in [1.54, 1.807) is 87.0 Å². The Morgan fingerprint density at radius 1 is 0.314 bits per heavy atom. The van der Waals surface area contributed by atoms with Crippen LogP contribution in [0.3, 0.4) is 0 Å². The van der Waals surface area contributed by atoms with Crippen molar-refractivity contribution in [2.75, 3.05) is 40.6 Å². The summed E-state index contributed by atoms with van der Waals surface area (Å²) in [5.41, 5.74) is 10.4. The molecule has 8 aromatic carbocycles. The molecule has 16 N–H and O–H groups in total. The molecule has 4 heterocycles. The quantitative estimate of drug-likeness (QED) is 0.0366. The summed E-state index contributed by atoms with van der Waals surface area (Å²) in [4.78, 5) is 0. The summed E-state index contributed by atoms with van der Waals surface area (Å²) in [7, 11) is 3.19. The van der Waals surface area contributed by atoms with Crippen LogP contribution in [-0.4, -0.2) is 252 Å². The Hall–Kier alpha value is -10.3. The van der Waals surface area contributed by atoms with Crippen LogP contribution in [0.15, 0.2) is 170 Å². The van der Waals surface area contributed by atoms with Crippen LogP contribution < -0.4 is 33.2 Å². The molecule has 4 fully saturated rings. The van der Waals surface area contributed by atoms with Gasteiger partial charge in [0.05, 0.1) is 40.6 Å². The van der Waals surface area contributed by atoms with Crippen molar-refractivity contribution >= 4 is 0 Å². The fourth-order valence-corrected chi connectivity index (χ4v) is 12.8. The topological polar surface area (TPSA) is 425 Å². The third kappa shape index (κ3) is 24.0. The molecule has 0 spiro atoms. The van der Waals surface area contributed by atoms with Crippen LogP contribution in [0.1, 0.15) is 79.2 Å². The van der Waals surface area contributed by atoms with Crippen molar-refractivity contribution in [2.45, 2.75) is 168 Å². The Balaban J connectivity index is 0.000000179. The van der Waals surface area contributed by atoms with E-state index in [-0.39, 0.29) is 11.5 Å². The average molecular weight is 1640 g/mol. The lowest BCUT2D eigenvalue weighted by atomic mass is 9.99. The van der Waals surface area contributed by atoms with E-state index < -0.39 is 156 Å². The highest BCUT2D eigenvalue weighted by molar-refractivity contribution is 5.50. The van der Waals surface area contributed by atoms with Crippen LogP contribution in [0, 0.1) is 49.4 Å². The number of halogens is 2. The third-order valence-electron chi connectivity index (χ3n) is 19.8. The van der Waals surface area contributed by atoms with Crippen molar-refractivity contribution in [1.82, 2.24) is 0 Å². The minimum absolute atomic E-state index is 0.0271. The van der Waals surface area contributed by atoms with Gasteiger partial charge in [-0.25, -0.2) is 0 Å². The monoisotopic (exact) mass is 1630 g/mol. The van der Waals surface area contributed by atoms with E-state index in [4.69, 9.17) is 73.1 Å². The van der Waals surface area contributed by atoms with E-state index in [1.165, 1.54) is 17.7 Å². The minimum Gasteiger partial charge on any atom is -0.497 e. The van der Waals surface area contributed by atoms with E-state index in [9.17, 15) is 90.5 Å². The second kappa shape index (κ2) is 43.9. The summed E-state index contributed by atoms with van der Waals surface area (Å²) >= 11 is 0. The zero-order valence-electron chi connectivity index (χ0n) is 64.4. The molecule has 12 rings (SSSR count). The molecule has 27 nitrogen and oxygen atoms in total. The second-order valence-corrected chi connectivity index (χ2v) is 27.7. The van der Waals surface area contributed by atoms with Crippen LogP contribution in [0.25, 0.3) is 0 Å². The van der Waals surface area contributed by atoms with Crippen molar-refractivity contribution in [3.63, 3.8) is 0 Å². The molecule has 0 amide bonds. The summed E-state index contributed by atoms with van der Waals surface area (Å²) in [6, 6.07) is 50.0. The molecule has 0 radical (unpaired) electrons. The van der Waals surface area contributed by atoms with Gasteiger partial charge in [0, 0.05) is 47.9 Å². The van der Waals surface area contributed by atoms with E-state index in [0.29, 0.717) is 70.7 Å². The first kappa shape index (κ1) is 91.6. The maximum absolute atomic E-state index is 12.3. The lowest BCUT2D eigenvalue weighted by Gasteiger charge is -2.39. The molecule has 29 heteroatoms. The van der Waals surface area contributed by atoms with Crippen molar-refractivity contribution < 1.29 is 143 Å². The molecule has 8 aromatic rings. The maximum Gasteiger partial charge on any atom is 0.387 e. The van der Waals surface area contributed by atoms with Gasteiger partial charge >= 0.3 is 6.61 Å². The molecule has 628 valence electrons. The van der Waals surface area contributed by atoms with E-state index in [0.717, 1.165) is 56.9 Å². The van der Waals surface area contributed by atoms with Gasteiger partial charge in [-0.2, -0.15) is 8.78 Å². The Bertz CT molecular complexity index is 4510.